The summed E-state index contributed by atoms with van der Waals surface area (Å²) in [6.45, 7) is 6.61. The fraction of sp³-hybridized carbons (Fsp3) is 0.500. The maximum atomic E-state index is 4.00. The molecule has 0 unspecified atom stereocenters. The fourth-order valence-electron chi connectivity index (χ4n) is 0.699. The van der Waals surface area contributed by atoms with Gasteiger partial charge in [0.15, 0.2) is 0 Å². The number of hydrogen-bond acceptors (Lipinski definition) is 1. The Kier molecular flexibility index (Phi) is 2.00. The van der Waals surface area contributed by atoms with Crippen LogP contribution in [0.2, 0.25) is 0 Å². The van der Waals surface area contributed by atoms with Gasteiger partial charge in [-0.25, -0.2) is 0 Å². The van der Waals surface area contributed by atoms with Crippen LogP contribution in [0.1, 0.15) is 26.3 Å². The molecule has 1 aromatic heterocycles. The van der Waals surface area contributed by atoms with Crippen molar-refractivity contribution >= 4 is 11.5 Å². The van der Waals surface area contributed by atoms with Crippen molar-refractivity contribution in [1.82, 2.24) is 4.37 Å². The minimum absolute atomic E-state index is 0.263. The summed E-state index contributed by atoms with van der Waals surface area (Å²) < 4.78 is 4.00. The van der Waals surface area contributed by atoms with Crippen LogP contribution in [0.15, 0.2) is 17.6 Å². The molecular weight excluding hydrogens is 142 g/mol. The van der Waals surface area contributed by atoms with E-state index >= 15 is 0 Å². The van der Waals surface area contributed by atoms with Crippen molar-refractivity contribution in [1.29, 1.82) is 0 Å². The highest BCUT2D eigenvalue weighted by molar-refractivity contribution is 7.03. The van der Waals surface area contributed by atoms with Crippen LogP contribution >= 0.6 is 11.5 Å². The van der Waals surface area contributed by atoms with E-state index in [-0.39, 0.29) is 5.41 Å². The minimum Gasteiger partial charge on any atom is -0.0559 e. The molecule has 0 spiro atoms. The molecule has 0 fully saturated rings. The molecule has 2 heteroatoms. The predicted octanol–water partition coefficient (Wildman–Crippen LogP) is 2.72. The molecule has 1 rings (SSSR count). The molecule has 0 atom stereocenters. The van der Waals surface area contributed by atoms with Gasteiger partial charge >= 0.3 is 11.5 Å². The third-order valence-electron chi connectivity index (χ3n) is 1.42. The first-order chi connectivity index (χ1) is 4.61. The van der Waals surface area contributed by atoms with Gasteiger partial charge in [-0.3, -0.25) is 0 Å². The molecule has 0 amide bonds. The number of nitrogens with zero attached hydrogens (tertiary/aromatic N) is 1. The lowest BCUT2D eigenvalue weighted by Crippen LogP contribution is -2.09. The van der Waals surface area contributed by atoms with Gasteiger partial charge in [0.05, 0.1) is 6.20 Å². The lowest BCUT2D eigenvalue weighted by atomic mass is 9.89. The van der Waals surface area contributed by atoms with Gasteiger partial charge in [-0.1, -0.05) is 20.8 Å². The van der Waals surface area contributed by atoms with Crippen molar-refractivity contribution in [2.45, 2.75) is 26.2 Å². The van der Waals surface area contributed by atoms with Crippen LogP contribution in [-0.2, 0) is 5.41 Å². The largest absolute Gasteiger partial charge is 0.354 e. The van der Waals surface area contributed by atoms with E-state index < -0.39 is 0 Å². The van der Waals surface area contributed by atoms with Gasteiger partial charge in [-0.15, -0.1) is 0 Å². The van der Waals surface area contributed by atoms with Crippen molar-refractivity contribution in [2.75, 3.05) is 0 Å². The Morgan fingerprint density at radius 2 is 2.10 bits per heavy atom. The molecule has 0 N–H and O–H groups in total. The highest BCUT2D eigenvalue weighted by Gasteiger charge is 2.15. The van der Waals surface area contributed by atoms with Crippen LogP contribution in [0.5, 0.6) is 0 Å². The van der Waals surface area contributed by atoms with Crippen molar-refractivity contribution in [2.24, 2.45) is 0 Å². The average molecular weight is 154 g/mol. The molecule has 0 aliphatic rings. The SMILES string of the molecule is CC(C)(C)c1ccn[s+]c1. The quantitative estimate of drug-likeness (QED) is 0.524. The van der Waals surface area contributed by atoms with Crippen LogP contribution in [0.25, 0.3) is 0 Å². The summed E-state index contributed by atoms with van der Waals surface area (Å²) in [5, 5.41) is 2.10. The molecule has 1 aromatic rings. The molecule has 54 valence electrons. The van der Waals surface area contributed by atoms with Gasteiger partial charge in [-0.2, -0.15) is 0 Å². The van der Waals surface area contributed by atoms with E-state index in [0.29, 0.717) is 0 Å². The van der Waals surface area contributed by atoms with E-state index in [9.17, 15) is 0 Å². The van der Waals surface area contributed by atoms with Gasteiger partial charge in [-0.05, 0) is 11.5 Å². The summed E-state index contributed by atoms with van der Waals surface area (Å²) in [5.74, 6) is 0. The van der Waals surface area contributed by atoms with Gasteiger partial charge in [0.1, 0.15) is 0 Å². The second-order valence-corrected chi connectivity index (χ2v) is 4.01. The lowest BCUT2D eigenvalue weighted by molar-refractivity contribution is 0.591. The van der Waals surface area contributed by atoms with Crippen LogP contribution in [0, 0.1) is 0 Å². The van der Waals surface area contributed by atoms with Gasteiger partial charge < -0.3 is 0 Å². The van der Waals surface area contributed by atoms with E-state index in [1.165, 1.54) is 17.1 Å². The van der Waals surface area contributed by atoms with Crippen molar-refractivity contribution in [3.8, 4) is 0 Å². The first kappa shape index (κ1) is 7.61. The van der Waals surface area contributed by atoms with Crippen molar-refractivity contribution in [3.63, 3.8) is 0 Å². The number of hydrogen-bond donors (Lipinski definition) is 0. The second kappa shape index (κ2) is 2.62. The van der Waals surface area contributed by atoms with Crippen LogP contribution in [0.4, 0.5) is 0 Å². The standard InChI is InChI=1S/C8H12NS/c1-8(2,3)7-4-5-9-10-6-7/h4-6H,1-3H3/q+1. The maximum absolute atomic E-state index is 4.00. The summed E-state index contributed by atoms with van der Waals surface area (Å²) >= 11 is 1.51. The molecule has 10 heavy (non-hydrogen) atoms. The second-order valence-electron chi connectivity index (χ2n) is 3.35. The normalized spacial score (nSPS) is 11.5. The Morgan fingerprint density at radius 3 is 2.40 bits per heavy atom. The van der Waals surface area contributed by atoms with Crippen LogP contribution in [-0.4, -0.2) is 4.37 Å². The van der Waals surface area contributed by atoms with Crippen LogP contribution < -0.4 is 0 Å². The van der Waals surface area contributed by atoms with Crippen LogP contribution in [0.3, 0.4) is 0 Å². The lowest BCUT2D eigenvalue weighted by Gasteiger charge is -2.14. The Hall–Kier alpha value is -0.500. The Balaban J connectivity index is 2.97. The summed E-state index contributed by atoms with van der Waals surface area (Å²) in [5.41, 5.74) is 1.62. The van der Waals surface area contributed by atoms with Crippen molar-refractivity contribution < 1.29 is 0 Å². The molecule has 0 radical (unpaired) electrons. The van der Waals surface area contributed by atoms with Gasteiger partial charge in [0.2, 0.25) is 5.38 Å². The topological polar surface area (TPSA) is 12.9 Å². The van der Waals surface area contributed by atoms with E-state index in [1.807, 2.05) is 6.20 Å². The molecule has 0 saturated heterocycles. The Bertz CT molecular complexity index is 200. The summed E-state index contributed by atoms with van der Waals surface area (Å²) in [6, 6.07) is 2.07. The summed E-state index contributed by atoms with van der Waals surface area (Å²) in [4.78, 5) is 0. The van der Waals surface area contributed by atoms with Crippen molar-refractivity contribution in [3.05, 3.63) is 23.2 Å². The monoisotopic (exact) mass is 154 g/mol. The summed E-state index contributed by atoms with van der Waals surface area (Å²) in [7, 11) is 0. The molecule has 0 aliphatic carbocycles. The van der Waals surface area contributed by atoms with E-state index in [2.05, 4.69) is 36.6 Å². The Labute approximate surface area is 65.9 Å². The first-order valence-electron chi connectivity index (χ1n) is 3.34. The number of rotatable bonds is 0. The molecule has 1 nitrogen and oxygen atoms in total. The zero-order chi connectivity index (χ0) is 7.61. The first-order valence-corrected chi connectivity index (χ1v) is 4.17. The Morgan fingerprint density at radius 1 is 1.40 bits per heavy atom. The molecule has 0 aromatic carbocycles. The van der Waals surface area contributed by atoms with Gasteiger partial charge in [0, 0.05) is 9.94 Å². The third kappa shape index (κ3) is 1.74. The highest BCUT2D eigenvalue weighted by Crippen LogP contribution is 2.21. The summed E-state index contributed by atoms with van der Waals surface area (Å²) in [6.07, 6.45) is 1.85. The van der Waals surface area contributed by atoms with E-state index in [0.717, 1.165) is 0 Å². The molecule has 0 aliphatic heterocycles. The van der Waals surface area contributed by atoms with Gasteiger partial charge in [0.25, 0.3) is 0 Å². The fourth-order valence-corrected chi connectivity index (χ4v) is 1.44. The zero-order valence-electron chi connectivity index (χ0n) is 6.59. The number of aromatic nitrogens is 1. The molecule has 0 bridgehead atoms. The van der Waals surface area contributed by atoms with E-state index in [1.54, 1.807) is 0 Å². The molecular formula is C8H12NS+. The molecule has 1 heterocycles. The smallest absolute Gasteiger partial charge is 0.0559 e. The maximum Gasteiger partial charge on any atom is 0.354 e. The van der Waals surface area contributed by atoms with E-state index in [4.69, 9.17) is 0 Å². The highest BCUT2D eigenvalue weighted by atomic mass is 32.1. The average Bonchev–Trinajstić information content (AvgIpc) is 1.88. The minimum atomic E-state index is 0.263. The molecule has 0 saturated carbocycles. The zero-order valence-corrected chi connectivity index (χ0v) is 7.40. The predicted molar refractivity (Wildman–Crippen MR) is 45.2 cm³/mol. The third-order valence-corrected chi connectivity index (χ3v) is 2.02.